The van der Waals surface area contributed by atoms with Gasteiger partial charge in [-0.3, -0.25) is 9.59 Å². The van der Waals surface area contributed by atoms with Crippen molar-refractivity contribution in [3.8, 4) is 0 Å². The number of thioether (sulfide) groups is 1. The molecule has 1 atom stereocenters. The molecule has 1 amide bonds. The SMILES string of the molecule is C[C@H](OC(=O)CSc1ccccc1F)C(=O)Nc1ncc(Cl)cc1Cl. The van der Waals surface area contributed by atoms with Gasteiger partial charge in [-0.2, -0.15) is 0 Å². The normalized spacial score (nSPS) is 11.7. The number of hydrogen-bond donors (Lipinski definition) is 1. The van der Waals surface area contributed by atoms with Crippen LogP contribution in [0.15, 0.2) is 41.4 Å². The summed E-state index contributed by atoms with van der Waals surface area (Å²) in [7, 11) is 0. The van der Waals surface area contributed by atoms with E-state index in [-0.39, 0.29) is 16.6 Å². The average Bonchev–Trinajstić information content (AvgIpc) is 2.56. The van der Waals surface area contributed by atoms with E-state index in [2.05, 4.69) is 10.3 Å². The van der Waals surface area contributed by atoms with Crippen molar-refractivity contribution in [2.75, 3.05) is 11.1 Å². The van der Waals surface area contributed by atoms with E-state index >= 15 is 0 Å². The lowest BCUT2D eigenvalue weighted by Crippen LogP contribution is -2.30. The van der Waals surface area contributed by atoms with Gasteiger partial charge in [0.1, 0.15) is 5.82 Å². The van der Waals surface area contributed by atoms with E-state index in [0.717, 1.165) is 11.8 Å². The number of rotatable bonds is 6. The Labute approximate surface area is 157 Å². The highest BCUT2D eigenvalue weighted by molar-refractivity contribution is 8.00. The van der Waals surface area contributed by atoms with Crippen molar-refractivity contribution in [1.29, 1.82) is 0 Å². The molecule has 1 heterocycles. The Morgan fingerprint density at radius 2 is 2.08 bits per heavy atom. The third-order valence-corrected chi connectivity index (χ3v) is 4.43. The van der Waals surface area contributed by atoms with E-state index in [1.54, 1.807) is 18.2 Å². The molecule has 0 bridgehead atoms. The molecule has 132 valence electrons. The highest BCUT2D eigenvalue weighted by Gasteiger charge is 2.19. The number of nitrogens with one attached hydrogen (secondary N) is 1. The molecule has 0 radical (unpaired) electrons. The van der Waals surface area contributed by atoms with Gasteiger partial charge in [0.2, 0.25) is 0 Å². The zero-order valence-electron chi connectivity index (χ0n) is 13.0. The predicted molar refractivity (Wildman–Crippen MR) is 95.6 cm³/mol. The first kappa shape index (κ1) is 19.5. The smallest absolute Gasteiger partial charge is 0.317 e. The molecule has 0 aliphatic rings. The van der Waals surface area contributed by atoms with Crippen molar-refractivity contribution in [1.82, 2.24) is 4.98 Å². The van der Waals surface area contributed by atoms with Crippen LogP contribution < -0.4 is 5.32 Å². The van der Waals surface area contributed by atoms with Gasteiger partial charge in [-0.05, 0) is 25.1 Å². The van der Waals surface area contributed by atoms with E-state index < -0.39 is 23.8 Å². The molecule has 0 saturated carbocycles. The Bertz CT molecular complexity index is 792. The quantitative estimate of drug-likeness (QED) is 0.579. The number of carbonyl (C=O) groups excluding carboxylic acids is 2. The Balaban J connectivity index is 1.85. The number of aromatic nitrogens is 1. The van der Waals surface area contributed by atoms with Crippen LogP contribution in [0.2, 0.25) is 10.0 Å². The molecule has 0 spiro atoms. The number of ether oxygens (including phenoxy) is 1. The highest BCUT2D eigenvalue weighted by atomic mass is 35.5. The number of amides is 1. The van der Waals surface area contributed by atoms with Gasteiger partial charge in [0.05, 0.1) is 15.8 Å². The van der Waals surface area contributed by atoms with E-state index in [1.807, 2.05) is 0 Å². The number of hydrogen-bond acceptors (Lipinski definition) is 5. The summed E-state index contributed by atoms with van der Waals surface area (Å²) < 4.78 is 18.5. The summed E-state index contributed by atoms with van der Waals surface area (Å²) >= 11 is 12.6. The van der Waals surface area contributed by atoms with Gasteiger partial charge >= 0.3 is 5.97 Å². The summed E-state index contributed by atoms with van der Waals surface area (Å²) in [5, 5.41) is 2.93. The summed E-state index contributed by atoms with van der Waals surface area (Å²) in [6, 6.07) is 7.49. The van der Waals surface area contributed by atoms with Crippen molar-refractivity contribution < 1.29 is 18.7 Å². The minimum Gasteiger partial charge on any atom is -0.452 e. The molecule has 25 heavy (non-hydrogen) atoms. The first-order valence-electron chi connectivity index (χ1n) is 7.05. The van der Waals surface area contributed by atoms with E-state index in [1.165, 1.54) is 25.3 Å². The molecule has 0 fully saturated rings. The molecular formula is C16H13Cl2FN2O3S. The number of nitrogens with zero attached hydrogens (tertiary/aromatic N) is 1. The van der Waals surface area contributed by atoms with Crippen LogP contribution in [0.3, 0.4) is 0 Å². The molecule has 9 heteroatoms. The zero-order valence-corrected chi connectivity index (χ0v) is 15.3. The Morgan fingerprint density at radius 1 is 1.36 bits per heavy atom. The van der Waals surface area contributed by atoms with Gasteiger partial charge in [-0.15, -0.1) is 11.8 Å². The van der Waals surface area contributed by atoms with E-state index in [0.29, 0.717) is 9.92 Å². The standard InChI is InChI=1S/C16H13Cl2FN2O3S/c1-9(16(23)21-15-11(18)6-10(17)7-20-15)24-14(22)8-25-13-5-3-2-4-12(13)19/h2-7,9H,8H2,1H3,(H,20,21,23)/t9-/m0/s1. The minimum absolute atomic E-state index is 0.111. The van der Waals surface area contributed by atoms with Crippen molar-refractivity contribution in [2.24, 2.45) is 0 Å². The molecule has 2 rings (SSSR count). The van der Waals surface area contributed by atoms with E-state index in [9.17, 15) is 14.0 Å². The molecule has 2 aromatic rings. The molecule has 1 N–H and O–H groups in total. The number of carbonyl (C=O) groups is 2. The minimum atomic E-state index is -1.07. The van der Waals surface area contributed by atoms with Crippen LogP contribution in [-0.2, 0) is 14.3 Å². The van der Waals surface area contributed by atoms with Gasteiger partial charge in [0.15, 0.2) is 11.9 Å². The fourth-order valence-corrected chi connectivity index (χ4v) is 2.86. The van der Waals surface area contributed by atoms with Crippen LogP contribution in [-0.4, -0.2) is 28.7 Å². The molecule has 0 aliphatic carbocycles. The summed E-state index contributed by atoms with van der Waals surface area (Å²) in [6.45, 7) is 1.41. The number of benzene rings is 1. The monoisotopic (exact) mass is 402 g/mol. The van der Waals surface area contributed by atoms with Crippen LogP contribution >= 0.6 is 35.0 Å². The fourth-order valence-electron chi connectivity index (χ4n) is 1.71. The summed E-state index contributed by atoms with van der Waals surface area (Å²) in [6.07, 6.45) is 0.257. The van der Waals surface area contributed by atoms with Crippen molar-refractivity contribution in [2.45, 2.75) is 17.9 Å². The Kier molecular flexibility index (Phi) is 7.04. The average molecular weight is 403 g/mol. The molecule has 1 aromatic heterocycles. The first-order chi connectivity index (χ1) is 11.9. The van der Waals surface area contributed by atoms with Gasteiger partial charge in [-0.1, -0.05) is 35.3 Å². The molecule has 0 unspecified atom stereocenters. The lowest BCUT2D eigenvalue weighted by molar-refractivity contribution is -0.150. The van der Waals surface area contributed by atoms with Crippen molar-refractivity contribution in [3.63, 3.8) is 0 Å². The van der Waals surface area contributed by atoms with Crippen LogP contribution in [0.4, 0.5) is 10.2 Å². The third kappa shape index (κ3) is 5.88. The van der Waals surface area contributed by atoms with Crippen LogP contribution in [0.25, 0.3) is 0 Å². The summed E-state index contributed by atoms with van der Waals surface area (Å²) in [4.78, 5) is 28.0. The summed E-state index contributed by atoms with van der Waals surface area (Å²) in [5.74, 6) is -1.68. The maximum atomic E-state index is 13.5. The lowest BCUT2D eigenvalue weighted by Gasteiger charge is -2.13. The van der Waals surface area contributed by atoms with Crippen LogP contribution in [0, 0.1) is 5.82 Å². The van der Waals surface area contributed by atoms with Crippen LogP contribution in [0.5, 0.6) is 0 Å². The maximum Gasteiger partial charge on any atom is 0.317 e. The molecule has 5 nitrogen and oxygen atoms in total. The molecule has 1 aromatic carbocycles. The number of anilines is 1. The van der Waals surface area contributed by atoms with Crippen molar-refractivity contribution >= 4 is 52.7 Å². The van der Waals surface area contributed by atoms with Crippen LogP contribution in [0.1, 0.15) is 6.92 Å². The van der Waals surface area contributed by atoms with E-state index in [4.69, 9.17) is 27.9 Å². The third-order valence-electron chi connectivity index (χ3n) is 2.91. The summed E-state index contributed by atoms with van der Waals surface area (Å²) in [5.41, 5.74) is 0. The second-order valence-corrected chi connectivity index (χ2v) is 6.69. The molecule has 0 aliphatic heterocycles. The second-order valence-electron chi connectivity index (χ2n) is 4.82. The molecule has 0 saturated heterocycles. The lowest BCUT2D eigenvalue weighted by atomic mass is 10.3. The number of esters is 1. The number of halogens is 3. The molecular weight excluding hydrogens is 390 g/mol. The Morgan fingerprint density at radius 3 is 2.76 bits per heavy atom. The first-order valence-corrected chi connectivity index (χ1v) is 8.79. The maximum absolute atomic E-state index is 13.5. The fraction of sp³-hybridized carbons (Fsp3) is 0.188. The van der Waals surface area contributed by atoms with Gasteiger partial charge < -0.3 is 10.1 Å². The predicted octanol–water partition coefficient (Wildman–Crippen LogP) is 4.19. The topological polar surface area (TPSA) is 68.3 Å². The highest BCUT2D eigenvalue weighted by Crippen LogP contribution is 2.23. The second kappa shape index (κ2) is 9.03. The number of pyridine rings is 1. The van der Waals surface area contributed by atoms with Crippen molar-refractivity contribution in [3.05, 3.63) is 52.4 Å². The largest absolute Gasteiger partial charge is 0.452 e. The van der Waals surface area contributed by atoms with Gasteiger partial charge in [-0.25, -0.2) is 9.37 Å². The van der Waals surface area contributed by atoms with Gasteiger partial charge in [0.25, 0.3) is 5.91 Å². The van der Waals surface area contributed by atoms with Gasteiger partial charge in [0, 0.05) is 11.1 Å². The Hall–Kier alpha value is -1.83. The zero-order chi connectivity index (χ0) is 18.4.